The number of aromatic nitrogens is 2. The average Bonchev–Trinajstić information content (AvgIpc) is 2.58. The van der Waals surface area contributed by atoms with Gasteiger partial charge in [0.05, 0.1) is 17.5 Å². The zero-order chi connectivity index (χ0) is 12.4. The van der Waals surface area contributed by atoms with Crippen molar-refractivity contribution in [1.29, 1.82) is 0 Å². The lowest BCUT2D eigenvalue weighted by atomic mass is 10.3. The van der Waals surface area contributed by atoms with Crippen LogP contribution in [0, 0.1) is 13.8 Å². The number of aryl methyl sites for hydroxylation is 2. The van der Waals surface area contributed by atoms with Crippen LogP contribution in [0.2, 0.25) is 0 Å². The van der Waals surface area contributed by atoms with E-state index in [0.717, 1.165) is 10.6 Å². The first-order chi connectivity index (χ1) is 8.06. The van der Waals surface area contributed by atoms with Crippen LogP contribution in [0.5, 0.6) is 10.9 Å². The summed E-state index contributed by atoms with van der Waals surface area (Å²) < 4.78 is 5.45. The average molecular weight is 250 g/mol. The number of ether oxygens (including phenoxy) is 1. The maximum Gasteiger partial charge on any atom is 0.337 e. The lowest BCUT2D eigenvalue weighted by molar-refractivity contribution is 0.0696. The first kappa shape index (κ1) is 11.5. The number of aromatic carboxylic acids is 1. The molecule has 0 saturated carbocycles. The molecule has 2 aromatic rings. The third kappa shape index (κ3) is 2.59. The zero-order valence-electron chi connectivity index (χ0n) is 9.30. The molecule has 88 valence electrons. The summed E-state index contributed by atoms with van der Waals surface area (Å²) in [6, 6.07) is 1.42. The fraction of sp³-hybridized carbons (Fsp3) is 0.182. The van der Waals surface area contributed by atoms with Gasteiger partial charge in [0.1, 0.15) is 5.75 Å². The second-order valence-corrected chi connectivity index (χ2v) is 4.60. The number of hydrogen-bond donors (Lipinski definition) is 1. The molecule has 0 atom stereocenters. The van der Waals surface area contributed by atoms with Gasteiger partial charge in [-0.3, -0.25) is 4.98 Å². The Balaban J connectivity index is 2.24. The molecule has 0 radical (unpaired) electrons. The number of carboxylic acid groups (broad SMARTS) is 1. The number of nitrogens with zero attached hydrogens (tertiary/aromatic N) is 2. The normalized spacial score (nSPS) is 10.2. The standard InChI is InChI=1S/C11H10N2O3S/c1-6-7(2)17-11(13-6)16-9-3-8(10(14)15)4-12-5-9/h3-5H,1-2H3,(H,14,15). The highest BCUT2D eigenvalue weighted by Gasteiger charge is 2.08. The number of pyridine rings is 1. The second-order valence-electron chi connectivity index (χ2n) is 3.44. The Bertz CT molecular complexity index is 546. The summed E-state index contributed by atoms with van der Waals surface area (Å²) in [4.78, 5) is 19.8. The van der Waals surface area contributed by atoms with Gasteiger partial charge in [0.2, 0.25) is 0 Å². The Morgan fingerprint density at radius 1 is 1.41 bits per heavy atom. The van der Waals surface area contributed by atoms with Gasteiger partial charge in [-0.2, -0.15) is 0 Å². The SMILES string of the molecule is Cc1nc(Oc2cncc(C(=O)O)c2)sc1C. The van der Waals surface area contributed by atoms with Gasteiger partial charge in [-0.15, -0.1) is 0 Å². The van der Waals surface area contributed by atoms with E-state index >= 15 is 0 Å². The molecule has 0 aromatic carbocycles. The van der Waals surface area contributed by atoms with Crippen molar-refractivity contribution in [3.63, 3.8) is 0 Å². The van der Waals surface area contributed by atoms with E-state index in [0.29, 0.717) is 10.9 Å². The summed E-state index contributed by atoms with van der Waals surface area (Å²) in [5, 5.41) is 9.31. The molecule has 0 amide bonds. The van der Waals surface area contributed by atoms with E-state index in [9.17, 15) is 4.79 Å². The highest BCUT2D eigenvalue weighted by molar-refractivity contribution is 7.13. The van der Waals surface area contributed by atoms with E-state index in [2.05, 4.69) is 9.97 Å². The van der Waals surface area contributed by atoms with Gasteiger partial charge in [-0.05, 0) is 19.9 Å². The molecule has 1 N–H and O–H groups in total. The van der Waals surface area contributed by atoms with E-state index in [1.54, 1.807) is 0 Å². The Kier molecular flexibility index (Phi) is 3.06. The van der Waals surface area contributed by atoms with Crippen molar-refractivity contribution in [2.24, 2.45) is 0 Å². The monoisotopic (exact) mass is 250 g/mol. The van der Waals surface area contributed by atoms with Gasteiger partial charge in [-0.25, -0.2) is 9.78 Å². The van der Waals surface area contributed by atoms with E-state index < -0.39 is 5.97 Å². The van der Waals surface area contributed by atoms with E-state index in [4.69, 9.17) is 9.84 Å². The molecule has 0 bridgehead atoms. The fourth-order valence-corrected chi connectivity index (χ4v) is 1.96. The second kappa shape index (κ2) is 4.50. The Morgan fingerprint density at radius 2 is 2.18 bits per heavy atom. The molecule has 17 heavy (non-hydrogen) atoms. The molecule has 0 saturated heterocycles. The fourth-order valence-electron chi connectivity index (χ4n) is 1.18. The minimum atomic E-state index is -1.03. The topological polar surface area (TPSA) is 72.3 Å². The third-order valence-electron chi connectivity index (χ3n) is 2.17. The molecule has 2 heterocycles. The van der Waals surface area contributed by atoms with Gasteiger partial charge in [0.25, 0.3) is 5.19 Å². The molecule has 0 aliphatic heterocycles. The molecular weight excluding hydrogens is 240 g/mol. The van der Waals surface area contributed by atoms with Crippen molar-refractivity contribution < 1.29 is 14.6 Å². The van der Waals surface area contributed by atoms with Crippen molar-refractivity contribution >= 4 is 17.3 Å². The zero-order valence-corrected chi connectivity index (χ0v) is 10.1. The summed E-state index contributed by atoms with van der Waals surface area (Å²) in [6.45, 7) is 3.84. The van der Waals surface area contributed by atoms with Crippen LogP contribution in [0.3, 0.4) is 0 Å². The Hall–Kier alpha value is -1.95. The number of rotatable bonds is 3. The molecule has 5 nitrogen and oxygen atoms in total. The van der Waals surface area contributed by atoms with Crippen LogP contribution in [0.15, 0.2) is 18.5 Å². The van der Waals surface area contributed by atoms with Gasteiger partial charge in [0, 0.05) is 11.1 Å². The molecule has 6 heteroatoms. The van der Waals surface area contributed by atoms with Crippen molar-refractivity contribution in [2.45, 2.75) is 13.8 Å². The predicted molar refractivity (Wildman–Crippen MR) is 62.9 cm³/mol. The molecule has 0 aliphatic rings. The number of hydrogen-bond acceptors (Lipinski definition) is 5. The van der Waals surface area contributed by atoms with Crippen molar-refractivity contribution in [2.75, 3.05) is 0 Å². The molecule has 2 rings (SSSR count). The molecule has 2 aromatic heterocycles. The van der Waals surface area contributed by atoms with Crippen LogP contribution in [-0.2, 0) is 0 Å². The third-order valence-corrected chi connectivity index (χ3v) is 3.13. The minimum absolute atomic E-state index is 0.0903. The largest absolute Gasteiger partial charge is 0.478 e. The number of carboxylic acids is 1. The predicted octanol–water partition coefficient (Wildman–Crippen LogP) is 2.65. The maximum atomic E-state index is 10.8. The summed E-state index contributed by atoms with van der Waals surface area (Å²) in [5.74, 6) is -0.659. The Labute approximate surface area is 102 Å². The maximum absolute atomic E-state index is 10.8. The van der Waals surface area contributed by atoms with Crippen molar-refractivity contribution in [1.82, 2.24) is 9.97 Å². The number of carbonyl (C=O) groups is 1. The molecule has 0 fully saturated rings. The van der Waals surface area contributed by atoms with Gasteiger partial charge >= 0.3 is 5.97 Å². The van der Waals surface area contributed by atoms with Crippen molar-refractivity contribution in [3.8, 4) is 10.9 Å². The van der Waals surface area contributed by atoms with E-state index in [1.807, 2.05) is 13.8 Å². The van der Waals surface area contributed by atoms with Crippen LogP contribution in [0.4, 0.5) is 0 Å². The number of thiazole rings is 1. The molecular formula is C11H10N2O3S. The van der Waals surface area contributed by atoms with Crippen LogP contribution >= 0.6 is 11.3 Å². The molecule has 0 aliphatic carbocycles. The first-order valence-electron chi connectivity index (χ1n) is 4.86. The summed E-state index contributed by atoms with van der Waals surface area (Å²) in [6.07, 6.45) is 2.73. The van der Waals surface area contributed by atoms with Crippen LogP contribution in [0.1, 0.15) is 20.9 Å². The van der Waals surface area contributed by atoms with Gasteiger partial charge < -0.3 is 9.84 Å². The van der Waals surface area contributed by atoms with E-state index in [1.165, 1.54) is 29.8 Å². The van der Waals surface area contributed by atoms with Crippen LogP contribution < -0.4 is 4.74 Å². The van der Waals surface area contributed by atoms with Crippen molar-refractivity contribution in [3.05, 3.63) is 34.6 Å². The molecule has 0 unspecified atom stereocenters. The summed E-state index contributed by atoms with van der Waals surface area (Å²) in [5.41, 5.74) is 1.000. The smallest absolute Gasteiger partial charge is 0.337 e. The van der Waals surface area contributed by atoms with Gasteiger partial charge in [-0.1, -0.05) is 11.3 Å². The molecule has 0 spiro atoms. The minimum Gasteiger partial charge on any atom is -0.478 e. The highest BCUT2D eigenvalue weighted by Crippen LogP contribution is 2.28. The van der Waals surface area contributed by atoms with Gasteiger partial charge in [0.15, 0.2) is 0 Å². The quantitative estimate of drug-likeness (QED) is 0.906. The van der Waals surface area contributed by atoms with Crippen LogP contribution in [-0.4, -0.2) is 21.0 Å². The van der Waals surface area contributed by atoms with Crippen LogP contribution in [0.25, 0.3) is 0 Å². The lowest BCUT2D eigenvalue weighted by Gasteiger charge is -2.01. The lowest BCUT2D eigenvalue weighted by Crippen LogP contribution is -1.97. The summed E-state index contributed by atoms with van der Waals surface area (Å²) >= 11 is 1.41. The summed E-state index contributed by atoms with van der Waals surface area (Å²) in [7, 11) is 0. The van der Waals surface area contributed by atoms with E-state index in [-0.39, 0.29) is 5.56 Å². The Morgan fingerprint density at radius 3 is 2.76 bits per heavy atom. The highest BCUT2D eigenvalue weighted by atomic mass is 32.1. The first-order valence-corrected chi connectivity index (χ1v) is 5.68.